The van der Waals surface area contributed by atoms with E-state index < -0.39 is 0 Å². The zero-order chi connectivity index (χ0) is 13.5. The molecule has 0 aliphatic rings. The molecule has 1 heterocycles. The summed E-state index contributed by atoms with van der Waals surface area (Å²) >= 11 is 0. The minimum Gasteiger partial charge on any atom is -0.364 e. The van der Waals surface area contributed by atoms with E-state index >= 15 is 0 Å². The van der Waals surface area contributed by atoms with Gasteiger partial charge in [-0.3, -0.25) is 4.79 Å². The Hall–Kier alpha value is -1.36. The lowest BCUT2D eigenvalue weighted by Crippen LogP contribution is -2.31. The van der Waals surface area contributed by atoms with Gasteiger partial charge < -0.3 is 14.8 Å². The molecule has 102 valence electrons. The van der Waals surface area contributed by atoms with Crippen molar-refractivity contribution in [3.63, 3.8) is 0 Å². The average molecular weight is 252 g/mol. The van der Waals surface area contributed by atoms with E-state index in [0.29, 0.717) is 5.82 Å². The van der Waals surface area contributed by atoms with Crippen molar-refractivity contribution in [2.45, 2.75) is 33.7 Å². The van der Waals surface area contributed by atoms with E-state index in [9.17, 15) is 4.79 Å². The van der Waals surface area contributed by atoms with Crippen molar-refractivity contribution in [1.82, 2.24) is 14.5 Å². The highest BCUT2D eigenvalue weighted by Gasteiger charge is 2.06. The van der Waals surface area contributed by atoms with E-state index in [1.807, 2.05) is 13.8 Å². The molecule has 1 aromatic rings. The maximum Gasteiger partial charge on any atom is 0.293 e. The van der Waals surface area contributed by atoms with E-state index in [1.54, 1.807) is 17.0 Å². The highest BCUT2D eigenvalue weighted by molar-refractivity contribution is 5.30. The van der Waals surface area contributed by atoms with Crippen LogP contribution in [0.15, 0.2) is 17.2 Å². The Morgan fingerprint density at radius 2 is 2.06 bits per heavy atom. The number of hydrogen-bond acceptors (Lipinski definition) is 4. The molecule has 0 bridgehead atoms. The third-order valence-electron chi connectivity index (χ3n) is 3.04. The van der Waals surface area contributed by atoms with Gasteiger partial charge >= 0.3 is 0 Å². The molecule has 0 aliphatic carbocycles. The van der Waals surface area contributed by atoms with E-state index in [0.717, 1.165) is 26.2 Å². The van der Waals surface area contributed by atoms with Gasteiger partial charge in [0, 0.05) is 31.5 Å². The molecule has 18 heavy (non-hydrogen) atoms. The molecule has 0 aromatic carbocycles. The summed E-state index contributed by atoms with van der Waals surface area (Å²) in [6.07, 6.45) is 3.39. The highest BCUT2D eigenvalue weighted by Crippen LogP contribution is 2.01. The van der Waals surface area contributed by atoms with Crippen LogP contribution in [0.4, 0.5) is 5.82 Å². The van der Waals surface area contributed by atoms with Crippen molar-refractivity contribution in [1.29, 1.82) is 0 Å². The summed E-state index contributed by atoms with van der Waals surface area (Å²) in [6.45, 7) is 12.0. The van der Waals surface area contributed by atoms with Gasteiger partial charge in [-0.15, -0.1) is 0 Å². The summed E-state index contributed by atoms with van der Waals surface area (Å²) in [7, 11) is 0. The minimum atomic E-state index is -0.0490. The van der Waals surface area contributed by atoms with E-state index in [4.69, 9.17) is 0 Å². The molecule has 1 N–H and O–H groups in total. The minimum absolute atomic E-state index is 0.0490. The van der Waals surface area contributed by atoms with Gasteiger partial charge in [0.15, 0.2) is 5.82 Å². The second kappa shape index (κ2) is 7.16. The highest BCUT2D eigenvalue weighted by atomic mass is 16.1. The van der Waals surface area contributed by atoms with E-state index in [-0.39, 0.29) is 11.6 Å². The van der Waals surface area contributed by atoms with Gasteiger partial charge in [0.2, 0.25) is 0 Å². The summed E-state index contributed by atoms with van der Waals surface area (Å²) in [5, 5.41) is 3.12. The summed E-state index contributed by atoms with van der Waals surface area (Å²) in [4.78, 5) is 18.5. The predicted octanol–water partition coefficient (Wildman–Crippen LogP) is 1.58. The van der Waals surface area contributed by atoms with Gasteiger partial charge in [0.05, 0.1) is 0 Å². The normalized spacial score (nSPS) is 11.2. The lowest BCUT2D eigenvalue weighted by Gasteiger charge is -2.18. The zero-order valence-electron chi connectivity index (χ0n) is 11.8. The topological polar surface area (TPSA) is 50.2 Å². The zero-order valence-corrected chi connectivity index (χ0v) is 11.8. The third-order valence-corrected chi connectivity index (χ3v) is 3.04. The molecule has 0 unspecified atom stereocenters. The molecule has 0 radical (unpaired) electrons. The summed E-state index contributed by atoms with van der Waals surface area (Å²) in [5.41, 5.74) is -0.0490. The Kier molecular flexibility index (Phi) is 5.85. The summed E-state index contributed by atoms with van der Waals surface area (Å²) in [6, 6.07) is 0.156. The predicted molar refractivity (Wildman–Crippen MR) is 75.2 cm³/mol. The molecule has 0 fully saturated rings. The number of nitrogens with zero attached hydrogens (tertiary/aromatic N) is 3. The molecule has 1 aromatic heterocycles. The van der Waals surface area contributed by atoms with E-state index in [1.165, 1.54) is 0 Å². The first kappa shape index (κ1) is 14.7. The second-order valence-corrected chi connectivity index (χ2v) is 4.54. The van der Waals surface area contributed by atoms with Gasteiger partial charge in [0.1, 0.15) is 0 Å². The third kappa shape index (κ3) is 3.84. The lowest BCUT2D eigenvalue weighted by molar-refractivity contribution is 0.316. The Balaban J connectivity index is 2.63. The molecular formula is C13H24N4O. The number of aromatic nitrogens is 2. The molecule has 0 aliphatic heterocycles. The quantitative estimate of drug-likeness (QED) is 0.800. The van der Waals surface area contributed by atoms with Gasteiger partial charge in [-0.2, -0.15) is 0 Å². The summed E-state index contributed by atoms with van der Waals surface area (Å²) < 4.78 is 1.69. The maximum atomic E-state index is 12.0. The molecule has 0 saturated heterocycles. The first-order chi connectivity index (χ1) is 8.60. The van der Waals surface area contributed by atoms with Crippen molar-refractivity contribution in [2.75, 3.05) is 31.5 Å². The van der Waals surface area contributed by atoms with Gasteiger partial charge in [-0.1, -0.05) is 13.8 Å². The van der Waals surface area contributed by atoms with Crippen LogP contribution in [0.3, 0.4) is 0 Å². The number of rotatable bonds is 7. The fourth-order valence-electron chi connectivity index (χ4n) is 1.83. The number of likely N-dealkylation sites (N-methyl/N-ethyl adjacent to an activating group) is 1. The van der Waals surface area contributed by atoms with Crippen LogP contribution in [-0.4, -0.2) is 40.6 Å². The summed E-state index contributed by atoms with van der Waals surface area (Å²) in [5.74, 6) is 0.443. The van der Waals surface area contributed by atoms with Crippen LogP contribution in [-0.2, 0) is 0 Å². The van der Waals surface area contributed by atoms with Crippen LogP contribution >= 0.6 is 0 Å². The second-order valence-electron chi connectivity index (χ2n) is 4.54. The lowest BCUT2D eigenvalue weighted by atomic mass is 10.4. The Bertz CT molecular complexity index is 410. The largest absolute Gasteiger partial charge is 0.364 e. The monoisotopic (exact) mass is 252 g/mol. The Morgan fingerprint density at radius 1 is 1.39 bits per heavy atom. The van der Waals surface area contributed by atoms with Crippen molar-refractivity contribution in [2.24, 2.45) is 0 Å². The molecule has 1 rings (SSSR count). The van der Waals surface area contributed by atoms with Crippen LogP contribution in [0.5, 0.6) is 0 Å². The molecular weight excluding hydrogens is 228 g/mol. The van der Waals surface area contributed by atoms with Crippen LogP contribution in [0.1, 0.15) is 33.7 Å². The first-order valence-electron chi connectivity index (χ1n) is 6.63. The Morgan fingerprint density at radius 3 is 2.61 bits per heavy atom. The number of anilines is 1. The standard InChI is InChI=1S/C13H24N4O/c1-5-16(6-2)9-7-14-12-13(18)17(11(3)4)10-8-15-12/h8,10-11H,5-7,9H2,1-4H3,(H,14,15). The average Bonchev–Trinajstić information content (AvgIpc) is 2.36. The van der Waals surface area contributed by atoms with Gasteiger partial charge in [-0.05, 0) is 26.9 Å². The number of nitrogens with one attached hydrogen (secondary N) is 1. The van der Waals surface area contributed by atoms with Crippen molar-refractivity contribution >= 4 is 5.82 Å². The van der Waals surface area contributed by atoms with Crippen LogP contribution in [0, 0.1) is 0 Å². The SMILES string of the molecule is CCN(CC)CCNc1nccn(C(C)C)c1=O. The van der Waals surface area contributed by atoms with Gasteiger partial charge in [0.25, 0.3) is 5.56 Å². The molecule has 0 spiro atoms. The van der Waals surface area contributed by atoms with Gasteiger partial charge in [-0.25, -0.2) is 4.98 Å². The van der Waals surface area contributed by atoms with Crippen molar-refractivity contribution in [3.05, 3.63) is 22.7 Å². The van der Waals surface area contributed by atoms with Crippen LogP contribution < -0.4 is 10.9 Å². The Labute approximate surface area is 109 Å². The molecule has 0 amide bonds. The molecule has 5 nitrogen and oxygen atoms in total. The van der Waals surface area contributed by atoms with Crippen molar-refractivity contribution < 1.29 is 0 Å². The van der Waals surface area contributed by atoms with Crippen LogP contribution in [0.25, 0.3) is 0 Å². The van der Waals surface area contributed by atoms with Crippen molar-refractivity contribution in [3.8, 4) is 0 Å². The van der Waals surface area contributed by atoms with Crippen LogP contribution in [0.2, 0.25) is 0 Å². The smallest absolute Gasteiger partial charge is 0.293 e. The molecule has 0 saturated carbocycles. The van der Waals surface area contributed by atoms with E-state index in [2.05, 4.69) is 29.0 Å². The maximum absolute atomic E-state index is 12.0. The number of hydrogen-bond donors (Lipinski definition) is 1. The first-order valence-corrected chi connectivity index (χ1v) is 6.63. The fourth-order valence-corrected chi connectivity index (χ4v) is 1.83. The molecule has 0 atom stereocenters. The molecule has 5 heteroatoms. The fraction of sp³-hybridized carbons (Fsp3) is 0.692.